The molecule has 160 valence electrons. The molecular weight excluding hydrogens is 409 g/mol. The Balaban J connectivity index is 1.50. The Bertz CT molecular complexity index is 914. The number of carbonyl (C=O) groups excluding carboxylic acids is 1. The number of rotatable bonds is 7. The predicted octanol–water partition coefficient (Wildman–Crippen LogP) is 2.44. The maximum absolute atomic E-state index is 13.2. The molecule has 0 bridgehead atoms. The van der Waals surface area contributed by atoms with Crippen LogP contribution in [0.1, 0.15) is 24.0 Å². The molecule has 0 spiro atoms. The topological polar surface area (TPSA) is 64.4 Å². The summed E-state index contributed by atoms with van der Waals surface area (Å²) in [6.45, 7) is 2.42. The van der Waals surface area contributed by atoms with Crippen LogP contribution in [0.4, 0.5) is 4.39 Å². The first-order valence-corrected chi connectivity index (χ1v) is 10.2. The van der Waals surface area contributed by atoms with Crippen molar-refractivity contribution in [2.75, 3.05) is 27.3 Å². The van der Waals surface area contributed by atoms with Gasteiger partial charge in [-0.1, -0.05) is 17.7 Å². The smallest absolute Gasteiger partial charge is 0.243 e. The van der Waals surface area contributed by atoms with Crippen LogP contribution in [0, 0.1) is 11.7 Å². The van der Waals surface area contributed by atoms with Crippen LogP contribution in [-0.2, 0) is 11.3 Å². The van der Waals surface area contributed by atoms with Gasteiger partial charge in [-0.3, -0.25) is 4.79 Å². The predicted molar refractivity (Wildman–Crippen MR) is 114 cm³/mol. The van der Waals surface area contributed by atoms with Crippen LogP contribution in [0.25, 0.3) is 0 Å². The van der Waals surface area contributed by atoms with E-state index >= 15 is 0 Å². The molecule has 8 heteroatoms. The minimum atomic E-state index is -0.332. The summed E-state index contributed by atoms with van der Waals surface area (Å²) in [7, 11) is 3.13. The number of hydrazone groups is 1. The second-order valence-electron chi connectivity index (χ2n) is 7.25. The van der Waals surface area contributed by atoms with Gasteiger partial charge in [0.15, 0.2) is 11.5 Å². The SMILES string of the molecule is COc1cccc(C=NNC(=O)C2CC[NH+](Cc3ccc(F)cc3Cl)CC2)c1OC. The zero-order chi connectivity index (χ0) is 21.5. The van der Waals surface area contributed by atoms with E-state index in [1.165, 1.54) is 17.0 Å². The highest BCUT2D eigenvalue weighted by molar-refractivity contribution is 6.31. The lowest BCUT2D eigenvalue weighted by atomic mass is 9.96. The zero-order valence-corrected chi connectivity index (χ0v) is 17.8. The summed E-state index contributed by atoms with van der Waals surface area (Å²) in [5.41, 5.74) is 4.27. The van der Waals surface area contributed by atoms with Crippen molar-refractivity contribution < 1.29 is 23.6 Å². The van der Waals surface area contributed by atoms with Gasteiger partial charge in [0.1, 0.15) is 12.4 Å². The van der Waals surface area contributed by atoms with E-state index in [2.05, 4.69) is 10.5 Å². The Kier molecular flexibility index (Phi) is 7.65. The van der Waals surface area contributed by atoms with Crippen molar-refractivity contribution in [3.8, 4) is 11.5 Å². The Hall–Kier alpha value is -2.64. The summed E-state index contributed by atoms with van der Waals surface area (Å²) in [5.74, 6) is 0.661. The Morgan fingerprint density at radius 1 is 1.27 bits per heavy atom. The lowest BCUT2D eigenvalue weighted by Gasteiger charge is -2.28. The summed E-state index contributed by atoms with van der Waals surface area (Å²) < 4.78 is 23.8. The van der Waals surface area contributed by atoms with E-state index < -0.39 is 0 Å². The number of piperidine rings is 1. The standard InChI is InChI=1S/C22H25ClFN3O3/c1-29-20-5-3-4-16(21(20)30-2)13-25-26-22(28)15-8-10-27(11-9-15)14-17-6-7-18(24)12-19(17)23/h3-7,12-13,15H,8-11,14H2,1-2H3,(H,26,28)/p+1. The van der Waals surface area contributed by atoms with Gasteiger partial charge in [-0.25, -0.2) is 9.82 Å². The van der Waals surface area contributed by atoms with Gasteiger partial charge in [0.05, 0.1) is 44.5 Å². The lowest BCUT2D eigenvalue weighted by Crippen LogP contribution is -3.11. The number of halogens is 2. The van der Waals surface area contributed by atoms with Crippen LogP contribution < -0.4 is 19.8 Å². The highest BCUT2D eigenvalue weighted by Gasteiger charge is 2.27. The van der Waals surface area contributed by atoms with E-state index in [9.17, 15) is 9.18 Å². The van der Waals surface area contributed by atoms with Crippen molar-refractivity contribution in [2.24, 2.45) is 11.0 Å². The number of methoxy groups -OCH3 is 2. The second-order valence-corrected chi connectivity index (χ2v) is 7.66. The number of hydrogen-bond donors (Lipinski definition) is 2. The number of likely N-dealkylation sites (tertiary alicyclic amines) is 1. The Labute approximate surface area is 180 Å². The third-order valence-corrected chi connectivity index (χ3v) is 5.68. The first kappa shape index (κ1) is 22.1. The van der Waals surface area contributed by atoms with Gasteiger partial charge < -0.3 is 14.4 Å². The molecule has 0 radical (unpaired) electrons. The van der Waals surface area contributed by atoms with Gasteiger partial charge in [0.2, 0.25) is 5.91 Å². The minimum Gasteiger partial charge on any atom is -0.493 e. The number of para-hydroxylation sites is 1. The van der Waals surface area contributed by atoms with Gasteiger partial charge in [-0.15, -0.1) is 0 Å². The van der Waals surface area contributed by atoms with Crippen LogP contribution in [0.15, 0.2) is 41.5 Å². The molecule has 2 aromatic carbocycles. The Morgan fingerprint density at radius 2 is 2.03 bits per heavy atom. The molecule has 2 N–H and O–H groups in total. The summed E-state index contributed by atoms with van der Waals surface area (Å²) in [4.78, 5) is 13.8. The number of benzene rings is 2. The molecule has 3 rings (SSSR count). The van der Waals surface area contributed by atoms with Gasteiger partial charge in [0, 0.05) is 24.0 Å². The number of hydrogen-bond acceptors (Lipinski definition) is 4. The van der Waals surface area contributed by atoms with Gasteiger partial charge in [-0.05, 0) is 30.3 Å². The van der Waals surface area contributed by atoms with Crippen LogP contribution in [0.2, 0.25) is 5.02 Å². The first-order chi connectivity index (χ1) is 14.5. The van der Waals surface area contributed by atoms with Gasteiger partial charge in [0.25, 0.3) is 0 Å². The molecule has 2 aromatic rings. The monoisotopic (exact) mass is 434 g/mol. The molecule has 0 aromatic heterocycles. The average molecular weight is 435 g/mol. The molecule has 1 aliphatic rings. The molecule has 0 saturated carbocycles. The number of carbonyl (C=O) groups is 1. The van der Waals surface area contributed by atoms with Crippen molar-refractivity contribution >= 4 is 23.7 Å². The number of amides is 1. The maximum atomic E-state index is 13.2. The number of nitrogens with one attached hydrogen (secondary N) is 2. The summed E-state index contributed by atoms with van der Waals surface area (Å²) in [6, 6.07) is 9.95. The normalized spacial score (nSPS) is 18.9. The molecule has 0 atom stereocenters. The molecule has 1 heterocycles. The lowest BCUT2D eigenvalue weighted by molar-refractivity contribution is -0.919. The minimum absolute atomic E-state index is 0.0817. The number of ether oxygens (including phenoxy) is 2. The van der Waals surface area contributed by atoms with Crippen LogP contribution in [-0.4, -0.2) is 39.4 Å². The quantitative estimate of drug-likeness (QED) is 0.519. The van der Waals surface area contributed by atoms with E-state index in [0.29, 0.717) is 22.1 Å². The second kappa shape index (κ2) is 10.4. The molecule has 0 aliphatic carbocycles. The molecular formula is C22H26ClFN3O3+. The molecule has 6 nitrogen and oxygen atoms in total. The number of nitrogens with zero attached hydrogens (tertiary/aromatic N) is 1. The molecule has 0 unspecified atom stereocenters. The summed E-state index contributed by atoms with van der Waals surface area (Å²) in [5, 5.41) is 4.54. The van der Waals surface area contributed by atoms with Gasteiger partial charge in [-0.2, -0.15) is 5.10 Å². The van der Waals surface area contributed by atoms with Crippen LogP contribution >= 0.6 is 11.6 Å². The Morgan fingerprint density at radius 3 is 2.70 bits per heavy atom. The van der Waals surface area contributed by atoms with E-state index in [0.717, 1.165) is 38.0 Å². The summed E-state index contributed by atoms with van der Waals surface area (Å²) in [6.07, 6.45) is 3.08. The maximum Gasteiger partial charge on any atom is 0.243 e. The van der Waals surface area contributed by atoms with Crippen molar-refractivity contribution in [3.05, 3.63) is 58.4 Å². The third kappa shape index (κ3) is 5.49. The molecule has 1 saturated heterocycles. The fraction of sp³-hybridized carbons (Fsp3) is 0.364. The first-order valence-electron chi connectivity index (χ1n) is 9.83. The van der Waals surface area contributed by atoms with Crippen molar-refractivity contribution in [1.29, 1.82) is 0 Å². The van der Waals surface area contributed by atoms with E-state index in [-0.39, 0.29) is 17.6 Å². The van der Waals surface area contributed by atoms with E-state index in [1.807, 2.05) is 12.1 Å². The van der Waals surface area contributed by atoms with Crippen molar-refractivity contribution in [2.45, 2.75) is 19.4 Å². The fourth-order valence-electron chi connectivity index (χ4n) is 3.67. The van der Waals surface area contributed by atoms with Gasteiger partial charge >= 0.3 is 0 Å². The number of quaternary nitrogens is 1. The molecule has 1 amide bonds. The van der Waals surface area contributed by atoms with E-state index in [4.69, 9.17) is 21.1 Å². The molecule has 30 heavy (non-hydrogen) atoms. The highest BCUT2D eigenvalue weighted by Crippen LogP contribution is 2.29. The highest BCUT2D eigenvalue weighted by atomic mass is 35.5. The third-order valence-electron chi connectivity index (χ3n) is 5.33. The zero-order valence-electron chi connectivity index (χ0n) is 17.1. The molecule has 1 aliphatic heterocycles. The van der Waals surface area contributed by atoms with Crippen molar-refractivity contribution in [3.63, 3.8) is 0 Å². The fourth-order valence-corrected chi connectivity index (χ4v) is 3.90. The van der Waals surface area contributed by atoms with Crippen LogP contribution in [0.3, 0.4) is 0 Å². The van der Waals surface area contributed by atoms with Crippen LogP contribution in [0.5, 0.6) is 11.5 Å². The average Bonchev–Trinajstić information content (AvgIpc) is 2.75. The van der Waals surface area contributed by atoms with Crippen molar-refractivity contribution in [1.82, 2.24) is 5.43 Å². The molecule has 1 fully saturated rings. The van der Waals surface area contributed by atoms with E-state index in [1.54, 1.807) is 32.6 Å². The largest absolute Gasteiger partial charge is 0.493 e. The summed E-state index contributed by atoms with van der Waals surface area (Å²) >= 11 is 6.13.